The number of allylic oxidation sites excluding steroid dienone is 1. The second-order valence-electron chi connectivity index (χ2n) is 7.73. The van der Waals surface area contributed by atoms with Crippen LogP contribution in [0.5, 0.6) is 5.75 Å². The standard InChI is InChI=1S/C24H25N3O3/c1-16(23-19-4-2-3-5-21(19)26-24(23)28)22-15-17-14-18(6-7-20(17)25-22)30-13-10-27-8-11-29-12-9-27/h2-7,14-15,25H,8-13H2,1H3,(H,26,28)/b23-16-. The Labute approximate surface area is 175 Å². The molecular weight excluding hydrogens is 378 g/mol. The summed E-state index contributed by atoms with van der Waals surface area (Å²) in [7, 11) is 0. The molecule has 0 bridgehead atoms. The lowest BCUT2D eigenvalue weighted by Crippen LogP contribution is -2.38. The summed E-state index contributed by atoms with van der Waals surface area (Å²) in [6, 6.07) is 16.0. The first-order chi connectivity index (χ1) is 14.7. The summed E-state index contributed by atoms with van der Waals surface area (Å²) in [5.41, 5.74) is 5.44. The van der Waals surface area contributed by atoms with Crippen molar-refractivity contribution in [2.24, 2.45) is 0 Å². The third-order valence-electron chi connectivity index (χ3n) is 5.82. The van der Waals surface area contributed by atoms with Crippen LogP contribution in [0, 0.1) is 0 Å². The van der Waals surface area contributed by atoms with Crippen molar-refractivity contribution in [3.8, 4) is 5.75 Å². The molecule has 0 unspecified atom stereocenters. The van der Waals surface area contributed by atoms with E-state index in [1.54, 1.807) is 0 Å². The Balaban J connectivity index is 1.36. The van der Waals surface area contributed by atoms with E-state index in [4.69, 9.17) is 9.47 Å². The van der Waals surface area contributed by atoms with Crippen LogP contribution in [0.3, 0.4) is 0 Å². The molecule has 0 saturated carbocycles. The van der Waals surface area contributed by atoms with Crippen molar-refractivity contribution in [1.82, 2.24) is 9.88 Å². The van der Waals surface area contributed by atoms with Gasteiger partial charge in [0.25, 0.3) is 5.91 Å². The molecule has 30 heavy (non-hydrogen) atoms. The number of morpholine rings is 1. The van der Waals surface area contributed by atoms with Crippen molar-refractivity contribution in [2.45, 2.75) is 6.92 Å². The third-order valence-corrected chi connectivity index (χ3v) is 5.82. The zero-order valence-corrected chi connectivity index (χ0v) is 17.0. The van der Waals surface area contributed by atoms with Crippen molar-refractivity contribution in [3.63, 3.8) is 0 Å². The number of anilines is 1. The lowest BCUT2D eigenvalue weighted by Gasteiger charge is -2.26. The lowest BCUT2D eigenvalue weighted by atomic mass is 10.00. The summed E-state index contributed by atoms with van der Waals surface area (Å²) >= 11 is 0. The van der Waals surface area contributed by atoms with E-state index in [0.29, 0.717) is 6.61 Å². The number of carbonyl (C=O) groups is 1. The molecule has 5 rings (SSSR count). The zero-order valence-electron chi connectivity index (χ0n) is 17.0. The van der Waals surface area contributed by atoms with Crippen LogP contribution in [0.15, 0.2) is 48.5 Å². The molecule has 2 N–H and O–H groups in total. The summed E-state index contributed by atoms with van der Waals surface area (Å²) in [6.45, 7) is 7.08. The van der Waals surface area contributed by atoms with E-state index in [9.17, 15) is 4.79 Å². The van der Waals surface area contributed by atoms with Gasteiger partial charge >= 0.3 is 0 Å². The molecule has 1 saturated heterocycles. The highest BCUT2D eigenvalue weighted by Gasteiger charge is 2.26. The highest BCUT2D eigenvalue weighted by molar-refractivity contribution is 6.36. The topological polar surface area (TPSA) is 66.6 Å². The molecule has 3 heterocycles. The highest BCUT2D eigenvalue weighted by Crippen LogP contribution is 2.37. The van der Waals surface area contributed by atoms with Crippen LogP contribution in [0.2, 0.25) is 0 Å². The fourth-order valence-electron chi connectivity index (χ4n) is 4.14. The number of hydrogen-bond donors (Lipinski definition) is 2. The Morgan fingerprint density at radius 1 is 1.13 bits per heavy atom. The van der Waals surface area contributed by atoms with Gasteiger partial charge in [-0.05, 0) is 42.8 Å². The number of carbonyl (C=O) groups excluding carboxylic acids is 1. The Bertz CT molecular complexity index is 1130. The maximum absolute atomic E-state index is 12.5. The minimum absolute atomic E-state index is 0.0560. The van der Waals surface area contributed by atoms with Crippen LogP contribution in [0.25, 0.3) is 22.0 Å². The van der Waals surface area contributed by atoms with Gasteiger partial charge < -0.3 is 19.8 Å². The van der Waals surface area contributed by atoms with Crippen molar-refractivity contribution in [2.75, 3.05) is 44.8 Å². The molecule has 2 aromatic carbocycles. The average Bonchev–Trinajstić information content (AvgIpc) is 3.34. The lowest BCUT2D eigenvalue weighted by molar-refractivity contribution is -0.110. The summed E-state index contributed by atoms with van der Waals surface area (Å²) < 4.78 is 11.4. The monoisotopic (exact) mass is 403 g/mol. The Morgan fingerprint density at radius 3 is 2.83 bits per heavy atom. The fraction of sp³-hybridized carbons (Fsp3) is 0.292. The van der Waals surface area contributed by atoms with E-state index in [1.807, 2.05) is 43.3 Å². The minimum atomic E-state index is -0.0560. The maximum atomic E-state index is 12.5. The van der Waals surface area contributed by atoms with Crippen molar-refractivity contribution in [3.05, 3.63) is 59.8 Å². The molecule has 2 aliphatic rings. The number of nitrogens with one attached hydrogen (secondary N) is 2. The minimum Gasteiger partial charge on any atom is -0.492 e. The number of amides is 1. The SMILES string of the molecule is C/C(=C1/C(=O)Nc2ccccc21)c1cc2cc(OCCN3CCOCC3)ccc2[nH]1. The van der Waals surface area contributed by atoms with Gasteiger partial charge in [0.05, 0.1) is 18.8 Å². The van der Waals surface area contributed by atoms with Gasteiger partial charge in [0.2, 0.25) is 0 Å². The number of H-pyrrole nitrogens is 1. The van der Waals surface area contributed by atoms with Gasteiger partial charge in [-0.2, -0.15) is 0 Å². The molecule has 3 aromatic rings. The number of fused-ring (bicyclic) bond motifs is 2. The zero-order chi connectivity index (χ0) is 20.5. The maximum Gasteiger partial charge on any atom is 0.256 e. The predicted octanol–water partition coefficient (Wildman–Crippen LogP) is 3.76. The Kier molecular flexibility index (Phi) is 5.02. The Hall–Kier alpha value is -3.09. The second-order valence-corrected chi connectivity index (χ2v) is 7.73. The van der Waals surface area contributed by atoms with Crippen molar-refractivity contribution >= 4 is 33.6 Å². The molecule has 0 aliphatic carbocycles. The number of hydrogen-bond acceptors (Lipinski definition) is 4. The fourth-order valence-corrected chi connectivity index (χ4v) is 4.14. The number of para-hydroxylation sites is 1. The first-order valence-electron chi connectivity index (χ1n) is 10.4. The van der Waals surface area contributed by atoms with Gasteiger partial charge in [-0.3, -0.25) is 9.69 Å². The van der Waals surface area contributed by atoms with E-state index in [0.717, 1.165) is 77.6 Å². The van der Waals surface area contributed by atoms with Gasteiger partial charge in [-0.1, -0.05) is 18.2 Å². The number of benzene rings is 2. The molecule has 0 spiro atoms. The molecule has 1 amide bonds. The molecule has 6 nitrogen and oxygen atoms in total. The van der Waals surface area contributed by atoms with Gasteiger partial charge in [0.1, 0.15) is 12.4 Å². The molecule has 0 atom stereocenters. The number of nitrogens with zero attached hydrogens (tertiary/aromatic N) is 1. The highest BCUT2D eigenvalue weighted by atomic mass is 16.5. The summed E-state index contributed by atoms with van der Waals surface area (Å²) in [4.78, 5) is 18.4. The number of aromatic amines is 1. The van der Waals surface area contributed by atoms with Crippen LogP contribution in [0.4, 0.5) is 5.69 Å². The second kappa shape index (κ2) is 7.97. The summed E-state index contributed by atoms with van der Waals surface area (Å²) in [6.07, 6.45) is 0. The van der Waals surface area contributed by atoms with E-state index in [-0.39, 0.29) is 5.91 Å². The Morgan fingerprint density at radius 2 is 1.97 bits per heavy atom. The van der Waals surface area contributed by atoms with E-state index >= 15 is 0 Å². The molecule has 1 aromatic heterocycles. The van der Waals surface area contributed by atoms with Crippen LogP contribution < -0.4 is 10.1 Å². The van der Waals surface area contributed by atoms with Gasteiger partial charge in [-0.15, -0.1) is 0 Å². The van der Waals surface area contributed by atoms with Crippen LogP contribution in [-0.4, -0.2) is 55.2 Å². The van der Waals surface area contributed by atoms with Gasteiger partial charge in [0, 0.05) is 47.5 Å². The van der Waals surface area contributed by atoms with E-state index in [2.05, 4.69) is 27.3 Å². The smallest absolute Gasteiger partial charge is 0.256 e. The largest absolute Gasteiger partial charge is 0.492 e. The summed E-state index contributed by atoms with van der Waals surface area (Å²) in [5.74, 6) is 0.801. The summed E-state index contributed by atoms with van der Waals surface area (Å²) in [5, 5.41) is 4.02. The first-order valence-corrected chi connectivity index (χ1v) is 10.4. The van der Waals surface area contributed by atoms with Crippen molar-refractivity contribution in [1.29, 1.82) is 0 Å². The molecule has 6 heteroatoms. The average molecular weight is 403 g/mol. The number of ether oxygens (including phenoxy) is 2. The third kappa shape index (κ3) is 3.60. The predicted molar refractivity (Wildman–Crippen MR) is 119 cm³/mol. The quantitative estimate of drug-likeness (QED) is 0.637. The molecule has 154 valence electrons. The molecular formula is C24H25N3O3. The number of rotatable bonds is 5. The van der Waals surface area contributed by atoms with Gasteiger partial charge in [-0.25, -0.2) is 0 Å². The van der Waals surface area contributed by atoms with Crippen LogP contribution >= 0.6 is 0 Å². The van der Waals surface area contributed by atoms with Gasteiger partial charge in [0.15, 0.2) is 0 Å². The molecule has 1 fully saturated rings. The molecule has 0 radical (unpaired) electrons. The van der Waals surface area contributed by atoms with Crippen LogP contribution in [-0.2, 0) is 9.53 Å². The number of aromatic nitrogens is 1. The van der Waals surface area contributed by atoms with Crippen molar-refractivity contribution < 1.29 is 14.3 Å². The van der Waals surface area contributed by atoms with Crippen LogP contribution in [0.1, 0.15) is 18.2 Å². The molecule has 2 aliphatic heterocycles. The normalized spacial score (nSPS) is 18.4. The first kappa shape index (κ1) is 18.9. The van der Waals surface area contributed by atoms with E-state index in [1.165, 1.54) is 0 Å². The van der Waals surface area contributed by atoms with E-state index < -0.39 is 0 Å².